The second kappa shape index (κ2) is 12.4. The first-order valence-corrected chi connectivity index (χ1v) is 20.1. The second-order valence-corrected chi connectivity index (χ2v) is 24.3. The van der Waals surface area contributed by atoms with E-state index in [9.17, 15) is 0 Å². The Morgan fingerprint density at radius 1 is 0.760 bits per heavy atom. The van der Waals surface area contributed by atoms with Crippen LogP contribution in [-0.4, -0.2) is 6.16 Å². The van der Waals surface area contributed by atoms with E-state index in [4.69, 9.17) is 17.0 Å². The van der Waals surface area contributed by atoms with Crippen LogP contribution in [0.3, 0.4) is 0 Å². The summed E-state index contributed by atoms with van der Waals surface area (Å²) in [5.41, 5.74) is 1.38. The van der Waals surface area contributed by atoms with Gasteiger partial charge in [-0.1, -0.05) is 6.07 Å². The van der Waals surface area contributed by atoms with Crippen LogP contribution in [0.5, 0.6) is 0 Å². The molecule has 4 aromatic rings. The predicted molar refractivity (Wildman–Crippen MR) is 111 cm³/mol. The second-order valence-electron chi connectivity index (χ2n) is 5.30. The van der Waals surface area contributed by atoms with Gasteiger partial charge in [0.2, 0.25) is 0 Å². The number of hydrogen-bond donors (Lipinski definition) is 0. The van der Waals surface area contributed by atoms with Crippen molar-refractivity contribution in [3.8, 4) is 0 Å². The van der Waals surface area contributed by atoms with Gasteiger partial charge in [-0.3, -0.25) is 0 Å². The van der Waals surface area contributed by atoms with E-state index in [0.29, 0.717) is 6.16 Å². The van der Waals surface area contributed by atoms with E-state index in [2.05, 4.69) is 66.7 Å². The Morgan fingerprint density at radius 3 is 2.04 bits per heavy atom. The van der Waals surface area contributed by atoms with E-state index in [0.717, 1.165) is 6.04 Å². The van der Waals surface area contributed by atoms with Crippen LogP contribution < -0.4 is 0 Å². The van der Waals surface area contributed by atoms with Crippen LogP contribution in [0.2, 0.25) is 0 Å². The van der Waals surface area contributed by atoms with E-state index >= 15 is 0 Å². The Hall–Kier alpha value is -0.920. The van der Waals surface area contributed by atoms with Crippen molar-refractivity contribution >= 4 is 34.0 Å². The van der Waals surface area contributed by atoms with Gasteiger partial charge in [0.1, 0.15) is 0 Å². The van der Waals surface area contributed by atoms with Crippen LogP contribution in [0, 0.1) is 0 Å². The summed E-state index contributed by atoms with van der Waals surface area (Å²) in [5.74, 6) is 0. The van der Waals surface area contributed by atoms with Crippen molar-refractivity contribution in [1.29, 1.82) is 0 Å². The van der Waals surface area contributed by atoms with Gasteiger partial charge < -0.3 is 0 Å². The first-order chi connectivity index (χ1) is 12.3. The molecule has 0 unspecified atom stereocenters. The molecule has 0 spiro atoms. The van der Waals surface area contributed by atoms with Crippen LogP contribution >= 0.6 is 17.0 Å². The molecule has 0 atom stereocenters. The third-order valence-corrected chi connectivity index (χ3v) is 13.7. The Morgan fingerprint density at radius 2 is 1.44 bits per heavy atom. The maximum Gasteiger partial charge on any atom is -0.0809 e. The smallest absolute Gasteiger partial charge is 0.0809 e. The normalized spacial score (nSPS) is 9.36. The Bertz CT molecular complexity index is 800. The van der Waals surface area contributed by atoms with Gasteiger partial charge in [-0.25, -0.2) is 12.1 Å². The third-order valence-electron chi connectivity index (χ3n) is 3.44. The molecule has 0 saturated heterocycles. The molecule has 0 aliphatic rings. The van der Waals surface area contributed by atoms with Gasteiger partial charge in [-0.05, 0) is 0 Å². The molecule has 0 radical (unpaired) electrons. The van der Waals surface area contributed by atoms with E-state index < -0.39 is 18.0 Å². The first kappa shape index (κ1) is 20.4. The zero-order chi connectivity index (χ0) is 17.7. The minimum Gasteiger partial charge on any atom is -0.214 e. The summed E-state index contributed by atoms with van der Waals surface area (Å²) in [6, 6.07) is 36.2. The molecule has 128 valence electrons. The molecule has 0 aromatic heterocycles. The number of hydrogen-bond acceptors (Lipinski definition) is 0. The van der Waals surface area contributed by atoms with Crippen LogP contribution in [-0.2, 0) is 24.0 Å². The molecule has 4 rings (SSSR count). The fraction of sp³-hybridized carbons (Fsp3) is 0.0476. The number of benzene rings is 2. The van der Waals surface area contributed by atoms with Gasteiger partial charge >= 0.3 is 83.1 Å². The van der Waals surface area contributed by atoms with Crippen molar-refractivity contribution in [3.05, 3.63) is 109 Å². The average Bonchev–Trinajstić information content (AvgIpc) is 3.35. The number of halogens is 2. The van der Waals surface area contributed by atoms with Crippen LogP contribution in [0.1, 0.15) is 5.56 Å². The molecule has 0 nitrogen and oxygen atoms in total. The summed E-state index contributed by atoms with van der Waals surface area (Å²) >= 11 is -1.79. The summed E-state index contributed by atoms with van der Waals surface area (Å²) in [6.45, 7) is 0. The molecule has 4 heteroatoms. The van der Waals surface area contributed by atoms with Gasteiger partial charge in [-0.15, -0.1) is 29.7 Å². The van der Waals surface area contributed by atoms with Crippen molar-refractivity contribution in [2.75, 3.05) is 0 Å². The zero-order valence-electron chi connectivity index (χ0n) is 13.9. The Labute approximate surface area is 165 Å². The van der Waals surface area contributed by atoms with E-state index in [-0.39, 0.29) is 0 Å². The van der Waals surface area contributed by atoms with E-state index in [1.54, 1.807) is 0 Å². The molecule has 0 heterocycles. The minimum atomic E-state index is -1.79. The maximum absolute atomic E-state index is 5.83. The molecule has 0 aliphatic carbocycles. The topological polar surface area (TPSA) is 0 Å². The molecule has 0 bridgehead atoms. The average molecular weight is 463 g/mol. The fourth-order valence-corrected chi connectivity index (χ4v) is 8.48. The summed E-state index contributed by atoms with van der Waals surface area (Å²) < 4.78 is 0. The standard InChI is InChI=1S/C9H7.C7H8Si.C5H5.2ClH.Zr/c1-2-5-9-7-3-6-8(9)4-1;8-6-7-4-2-1-3-5-7;1-2-4-5-3-1;;;/h1-7H;1-5,8H,6H2;1-5H;2*1H;/q-1;;-1;;;+2/p-2. The van der Waals surface area contributed by atoms with Crippen LogP contribution in [0.25, 0.3) is 10.8 Å². The van der Waals surface area contributed by atoms with Gasteiger partial charge in [0, 0.05) is 0 Å². The maximum atomic E-state index is 5.83. The summed E-state index contributed by atoms with van der Waals surface area (Å²) in [5, 5.41) is 2.66. The zero-order valence-corrected chi connectivity index (χ0v) is 19.0. The molecular weight excluding hydrogens is 442 g/mol. The van der Waals surface area contributed by atoms with Crippen LogP contribution in [0.4, 0.5) is 0 Å². The van der Waals surface area contributed by atoms with Crippen LogP contribution in [0.15, 0.2) is 103 Å². The minimum absolute atomic E-state index is 0.334. The molecule has 0 N–H and O–H groups in total. The molecule has 0 saturated carbocycles. The molecule has 0 amide bonds. The molecule has 4 aromatic carbocycles. The van der Waals surface area contributed by atoms with Crippen molar-refractivity contribution in [2.24, 2.45) is 0 Å². The SMILES string of the molecule is [Cl][Zr]([Cl])=[SiH]Cc1ccccc1.c1cc[cH-]c1.c1ccc2[cH-]ccc2c1. The Balaban J connectivity index is 0.000000144. The first-order valence-electron chi connectivity index (χ1n) is 8.08. The molecule has 25 heavy (non-hydrogen) atoms. The van der Waals surface area contributed by atoms with Crippen molar-refractivity contribution in [2.45, 2.75) is 6.04 Å². The quantitative estimate of drug-likeness (QED) is 0.238. The van der Waals surface area contributed by atoms with E-state index in [1.165, 1.54) is 16.3 Å². The predicted octanol–water partition coefficient (Wildman–Crippen LogP) is 6.43. The molecule has 0 fully saturated rings. The van der Waals surface area contributed by atoms with Gasteiger partial charge in [0.05, 0.1) is 0 Å². The van der Waals surface area contributed by atoms with Gasteiger partial charge in [0.15, 0.2) is 0 Å². The molecule has 0 aliphatic heterocycles. The summed E-state index contributed by atoms with van der Waals surface area (Å²) in [4.78, 5) is 0. The van der Waals surface area contributed by atoms with Gasteiger partial charge in [0.25, 0.3) is 0 Å². The summed E-state index contributed by atoms with van der Waals surface area (Å²) in [7, 11) is 11.7. The van der Waals surface area contributed by atoms with E-state index in [1.807, 2.05) is 36.4 Å². The van der Waals surface area contributed by atoms with Gasteiger partial charge in [-0.2, -0.15) is 35.7 Å². The van der Waals surface area contributed by atoms with Crippen molar-refractivity contribution in [1.82, 2.24) is 0 Å². The number of fused-ring (bicyclic) bond motifs is 1. The largest absolute Gasteiger partial charge is 0.214 e. The monoisotopic (exact) mass is 460 g/mol. The number of rotatable bonds is 2. The molecular formula is C21H20Cl2SiZr-2. The van der Waals surface area contributed by atoms with Crippen molar-refractivity contribution < 1.29 is 18.0 Å². The van der Waals surface area contributed by atoms with Crippen molar-refractivity contribution in [3.63, 3.8) is 0 Å². The fourth-order valence-electron chi connectivity index (χ4n) is 2.20. The Kier molecular flexibility index (Phi) is 10.1. The summed E-state index contributed by atoms with van der Waals surface area (Å²) in [6.07, 6.45) is 0.334. The third kappa shape index (κ3) is 8.83.